The minimum absolute atomic E-state index is 0.125. The summed E-state index contributed by atoms with van der Waals surface area (Å²) in [5.74, 6) is 0.672. The Morgan fingerprint density at radius 3 is 2.88 bits per heavy atom. The van der Waals surface area contributed by atoms with E-state index in [1.807, 2.05) is 0 Å². The molecule has 1 amide bonds. The Morgan fingerprint density at radius 2 is 2.12 bits per heavy atom. The molecule has 0 saturated carbocycles. The molecule has 0 bridgehead atoms. The summed E-state index contributed by atoms with van der Waals surface area (Å²) < 4.78 is 20.4. The van der Waals surface area contributed by atoms with E-state index in [-0.39, 0.29) is 19.2 Å². The molecule has 1 atom stereocenters. The van der Waals surface area contributed by atoms with E-state index in [1.165, 1.54) is 0 Å². The van der Waals surface area contributed by atoms with Crippen molar-refractivity contribution in [1.29, 1.82) is 0 Å². The van der Waals surface area contributed by atoms with Crippen molar-refractivity contribution in [2.45, 2.75) is 20.0 Å². The maximum atomic E-state index is 12.1. The second-order valence-corrected chi connectivity index (χ2v) is 5.06. The molecule has 1 aromatic heterocycles. The summed E-state index contributed by atoms with van der Waals surface area (Å²) in [6.45, 7) is 3.10. The molecular formula is C15H15N3O6. The van der Waals surface area contributed by atoms with Gasteiger partial charge in [-0.05, 0) is 32.0 Å². The second kappa shape index (κ2) is 6.57. The maximum Gasteiger partial charge on any atom is 0.326 e. The van der Waals surface area contributed by atoms with Crippen LogP contribution >= 0.6 is 0 Å². The van der Waals surface area contributed by atoms with Crippen molar-refractivity contribution in [3.63, 3.8) is 0 Å². The Labute approximate surface area is 136 Å². The largest absolute Gasteiger partial charge is 0.454 e. The molecule has 1 aromatic carbocycles. The van der Waals surface area contributed by atoms with E-state index < -0.39 is 18.0 Å². The molecule has 126 valence electrons. The number of fused-ring (bicyclic) bond motifs is 1. The summed E-state index contributed by atoms with van der Waals surface area (Å²) in [6.07, 6.45) is -0.693. The van der Waals surface area contributed by atoms with Gasteiger partial charge in [-0.25, -0.2) is 0 Å². The molecule has 0 fully saturated rings. The van der Waals surface area contributed by atoms with Crippen LogP contribution in [0.2, 0.25) is 0 Å². The Hall–Kier alpha value is -3.10. The highest BCUT2D eigenvalue weighted by molar-refractivity contribution is 5.96. The zero-order valence-corrected chi connectivity index (χ0v) is 13.1. The van der Waals surface area contributed by atoms with Crippen LogP contribution < -0.4 is 14.8 Å². The van der Waals surface area contributed by atoms with Gasteiger partial charge < -0.3 is 24.1 Å². The van der Waals surface area contributed by atoms with E-state index in [9.17, 15) is 9.59 Å². The zero-order chi connectivity index (χ0) is 17.1. The van der Waals surface area contributed by atoms with Crippen LogP contribution in [-0.4, -0.2) is 35.4 Å². The van der Waals surface area contributed by atoms with E-state index in [4.69, 9.17) is 18.7 Å². The Kier molecular flexibility index (Phi) is 4.32. The normalized spacial score (nSPS) is 13.4. The lowest BCUT2D eigenvalue weighted by Crippen LogP contribution is -2.31. The maximum absolute atomic E-state index is 12.1. The highest BCUT2D eigenvalue weighted by atomic mass is 16.7. The molecule has 1 aliphatic rings. The third-order valence-corrected chi connectivity index (χ3v) is 3.23. The van der Waals surface area contributed by atoms with Gasteiger partial charge in [-0.1, -0.05) is 5.16 Å². The quantitative estimate of drug-likeness (QED) is 0.811. The first kappa shape index (κ1) is 15.8. The summed E-state index contributed by atoms with van der Waals surface area (Å²) in [7, 11) is 0. The number of benzene rings is 1. The molecule has 24 heavy (non-hydrogen) atoms. The van der Waals surface area contributed by atoms with Crippen molar-refractivity contribution in [3.8, 4) is 11.5 Å². The number of ether oxygens (including phenoxy) is 3. The third-order valence-electron chi connectivity index (χ3n) is 3.23. The van der Waals surface area contributed by atoms with Crippen LogP contribution in [0.1, 0.15) is 35.1 Å². The number of nitrogens with zero attached hydrogens (tertiary/aromatic N) is 2. The van der Waals surface area contributed by atoms with Crippen LogP contribution in [0.5, 0.6) is 11.5 Å². The molecule has 0 spiro atoms. The van der Waals surface area contributed by atoms with Crippen molar-refractivity contribution >= 4 is 11.9 Å². The number of rotatable bonds is 5. The lowest BCUT2D eigenvalue weighted by Gasteiger charge is -2.10. The average Bonchev–Trinajstić information content (AvgIpc) is 3.20. The Morgan fingerprint density at radius 1 is 1.33 bits per heavy atom. The number of carbonyl (C=O) groups is 2. The Balaban J connectivity index is 1.51. The number of hydrogen-bond donors (Lipinski definition) is 1. The first-order valence-corrected chi connectivity index (χ1v) is 7.20. The van der Waals surface area contributed by atoms with Crippen LogP contribution in [0.25, 0.3) is 0 Å². The van der Waals surface area contributed by atoms with Gasteiger partial charge in [0.05, 0.1) is 0 Å². The van der Waals surface area contributed by atoms with Gasteiger partial charge in [-0.2, -0.15) is 4.98 Å². The molecule has 2 heterocycles. The first-order valence-electron chi connectivity index (χ1n) is 7.20. The predicted octanol–water partition coefficient (Wildman–Crippen LogP) is 1.14. The number of amides is 1. The predicted molar refractivity (Wildman–Crippen MR) is 78.4 cm³/mol. The molecule has 2 aromatic rings. The zero-order valence-electron chi connectivity index (χ0n) is 13.1. The number of carbonyl (C=O) groups excluding carboxylic acids is 2. The van der Waals surface area contributed by atoms with Gasteiger partial charge in [0.2, 0.25) is 6.79 Å². The minimum Gasteiger partial charge on any atom is -0.454 e. The van der Waals surface area contributed by atoms with Gasteiger partial charge >= 0.3 is 5.97 Å². The van der Waals surface area contributed by atoms with Crippen LogP contribution in [0.3, 0.4) is 0 Å². The number of aromatic nitrogens is 2. The molecule has 0 aliphatic carbocycles. The van der Waals surface area contributed by atoms with Crippen LogP contribution in [-0.2, 0) is 9.53 Å². The van der Waals surface area contributed by atoms with E-state index >= 15 is 0 Å². The van der Waals surface area contributed by atoms with Gasteiger partial charge in [0.1, 0.15) is 6.54 Å². The van der Waals surface area contributed by atoms with Crippen molar-refractivity contribution in [1.82, 2.24) is 15.5 Å². The molecule has 1 aliphatic heterocycles. The minimum atomic E-state index is -0.693. The molecule has 0 unspecified atom stereocenters. The monoisotopic (exact) mass is 333 g/mol. The van der Waals surface area contributed by atoms with Crippen molar-refractivity contribution in [2.75, 3.05) is 13.3 Å². The standard InChI is InChI=1S/C15H15N3O6/c1-8(15-17-9(2)18-24-15)23-13(19)6-16-14(20)10-3-4-11-12(5-10)22-7-21-11/h3-5,8H,6-7H2,1-2H3,(H,16,20)/t8-/m0/s1. The SMILES string of the molecule is Cc1noc([C@H](C)OC(=O)CNC(=O)c2ccc3c(c2)OCO3)n1. The fourth-order valence-electron chi connectivity index (χ4n) is 2.06. The van der Waals surface area contributed by atoms with E-state index in [1.54, 1.807) is 32.0 Å². The van der Waals surface area contributed by atoms with E-state index in [0.29, 0.717) is 22.9 Å². The number of aryl methyl sites for hydroxylation is 1. The number of esters is 1. The molecule has 3 rings (SSSR count). The highest BCUT2D eigenvalue weighted by Gasteiger charge is 2.19. The topological polar surface area (TPSA) is 113 Å². The number of hydrogen-bond acceptors (Lipinski definition) is 8. The summed E-state index contributed by atoms with van der Waals surface area (Å²) in [5.41, 5.74) is 0.354. The first-order chi connectivity index (χ1) is 11.5. The van der Waals surface area contributed by atoms with Crippen LogP contribution in [0.4, 0.5) is 0 Å². The van der Waals surface area contributed by atoms with Gasteiger partial charge in [-0.15, -0.1) is 0 Å². The third kappa shape index (κ3) is 3.45. The highest BCUT2D eigenvalue weighted by Crippen LogP contribution is 2.32. The summed E-state index contributed by atoms with van der Waals surface area (Å²) in [4.78, 5) is 27.8. The fraction of sp³-hybridized carbons (Fsp3) is 0.333. The summed E-state index contributed by atoms with van der Waals surface area (Å²) in [5, 5.41) is 6.09. The van der Waals surface area contributed by atoms with Crippen molar-refractivity contribution in [2.24, 2.45) is 0 Å². The molecule has 9 heteroatoms. The van der Waals surface area contributed by atoms with Crippen molar-refractivity contribution in [3.05, 3.63) is 35.5 Å². The lowest BCUT2D eigenvalue weighted by atomic mass is 10.2. The molecule has 0 saturated heterocycles. The Bertz CT molecular complexity index is 772. The lowest BCUT2D eigenvalue weighted by molar-refractivity contribution is -0.148. The summed E-state index contributed by atoms with van der Waals surface area (Å²) >= 11 is 0. The average molecular weight is 333 g/mol. The molecule has 9 nitrogen and oxygen atoms in total. The fourth-order valence-corrected chi connectivity index (χ4v) is 2.06. The van der Waals surface area contributed by atoms with Gasteiger partial charge in [0, 0.05) is 5.56 Å². The van der Waals surface area contributed by atoms with Crippen molar-refractivity contribution < 1.29 is 28.3 Å². The van der Waals surface area contributed by atoms with Gasteiger partial charge in [0.15, 0.2) is 23.4 Å². The smallest absolute Gasteiger partial charge is 0.326 e. The molecule has 0 radical (unpaired) electrons. The van der Waals surface area contributed by atoms with Gasteiger partial charge in [0.25, 0.3) is 11.8 Å². The molecular weight excluding hydrogens is 318 g/mol. The van der Waals surface area contributed by atoms with Crippen LogP contribution in [0, 0.1) is 6.92 Å². The summed E-state index contributed by atoms with van der Waals surface area (Å²) in [6, 6.07) is 4.76. The van der Waals surface area contributed by atoms with E-state index in [2.05, 4.69) is 15.5 Å². The molecule has 1 N–H and O–H groups in total. The number of nitrogens with one attached hydrogen (secondary N) is 1. The van der Waals surface area contributed by atoms with Gasteiger partial charge in [-0.3, -0.25) is 9.59 Å². The van der Waals surface area contributed by atoms with Crippen LogP contribution in [0.15, 0.2) is 22.7 Å². The van der Waals surface area contributed by atoms with E-state index in [0.717, 1.165) is 0 Å². The second-order valence-electron chi connectivity index (χ2n) is 5.06.